The highest BCUT2D eigenvalue weighted by Gasteiger charge is 2.28. The van der Waals surface area contributed by atoms with Crippen LogP contribution in [0.4, 0.5) is 4.39 Å². The van der Waals surface area contributed by atoms with Crippen molar-refractivity contribution < 1.29 is 19.0 Å². The lowest BCUT2D eigenvalue weighted by atomic mass is 9.93. The second-order valence-electron chi connectivity index (χ2n) is 3.77. The van der Waals surface area contributed by atoms with Crippen LogP contribution in [0, 0.1) is 5.82 Å². The zero-order valence-electron chi connectivity index (χ0n) is 9.61. The molecule has 0 aromatic carbocycles. The fourth-order valence-corrected chi connectivity index (χ4v) is 1.41. The molecule has 16 heavy (non-hydrogen) atoms. The fourth-order valence-electron chi connectivity index (χ4n) is 1.41. The molecule has 1 atom stereocenters. The molecule has 1 unspecified atom stereocenters. The van der Waals surface area contributed by atoms with Crippen molar-refractivity contribution in [3.05, 3.63) is 29.8 Å². The molecule has 0 aliphatic rings. The van der Waals surface area contributed by atoms with Gasteiger partial charge in [0.05, 0.1) is 11.8 Å². The number of hydrogen-bond acceptors (Lipinski definition) is 4. The van der Waals surface area contributed by atoms with Crippen LogP contribution in [0.3, 0.4) is 0 Å². The summed E-state index contributed by atoms with van der Waals surface area (Å²) in [5.41, 5.74) is -0.849. The minimum absolute atomic E-state index is 0.200. The first-order valence-electron chi connectivity index (χ1n) is 4.88. The van der Waals surface area contributed by atoms with Crippen molar-refractivity contribution >= 4 is 0 Å². The minimum atomic E-state index is -1.24. The van der Waals surface area contributed by atoms with Crippen molar-refractivity contribution in [2.45, 2.75) is 25.2 Å². The highest BCUT2D eigenvalue weighted by molar-refractivity contribution is 5.17. The van der Waals surface area contributed by atoms with Gasteiger partial charge in [-0.25, -0.2) is 4.39 Å². The van der Waals surface area contributed by atoms with Gasteiger partial charge in [-0.15, -0.1) is 0 Å². The van der Waals surface area contributed by atoms with Gasteiger partial charge in [-0.05, 0) is 13.0 Å². The third kappa shape index (κ3) is 3.23. The second-order valence-corrected chi connectivity index (χ2v) is 3.77. The molecule has 1 N–H and O–H groups in total. The summed E-state index contributed by atoms with van der Waals surface area (Å²) in [6.45, 7) is 1.56. The number of hydrogen-bond donors (Lipinski definition) is 1. The Kier molecular flexibility index (Phi) is 4.35. The molecule has 5 heteroatoms. The maximum absolute atomic E-state index is 13.0. The van der Waals surface area contributed by atoms with Gasteiger partial charge >= 0.3 is 0 Å². The van der Waals surface area contributed by atoms with E-state index in [-0.39, 0.29) is 6.42 Å². The quantitative estimate of drug-likeness (QED) is 0.776. The number of aliphatic hydroxyl groups is 1. The van der Waals surface area contributed by atoms with E-state index in [2.05, 4.69) is 4.98 Å². The van der Waals surface area contributed by atoms with Crippen LogP contribution < -0.4 is 0 Å². The smallest absolute Gasteiger partial charge is 0.159 e. The van der Waals surface area contributed by atoms with Crippen LogP contribution in [0.15, 0.2) is 18.5 Å². The molecule has 1 aromatic heterocycles. The zero-order chi connectivity index (χ0) is 12.2. The lowest BCUT2D eigenvalue weighted by molar-refractivity contribution is -0.142. The van der Waals surface area contributed by atoms with Gasteiger partial charge in [-0.1, -0.05) is 0 Å². The molecule has 0 saturated heterocycles. The van der Waals surface area contributed by atoms with Gasteiger partial charge in [0, 0.05) is 32.4 Å². The van der Waals surface area contributed by atoms with Crippen LogP contribution in [-0.4, -0.2) is 30.6 Å². The predicted octanol–water partition coefficient (Wildman–Crippen LogP) is 1.44. The summed E-state index contributed by atoms with van der Waals surface area (Å²) in [5, 5.41) is 10.2. The Morgan fingerprint density at radius 3 is 2.56 bits per heavy atom. The molecule has 0 radical (unpaired) electrons. The lowest BCUT2D eigenvalue weighted by Crippen LogP contribution is -2.29. The number of ether oxygens (including phenoxy) is 2. The van der Waals surface area contributed by atoms with Gasteiger partial charge in [0.15, 0.2) is 6.29 Å². The van der Waals surface area contributed by atoms with E-state index in [0.29, 0.717) is 5.56 Å². The number of rotatable bonds is 5. The minimum Gasteiger partial charge on any atom is -0.385 e. The standard InChI is InChI=1S/C11H16FNO3/c1-11(14,5-10(15-2)16-3)8-4-9(12)7-13-6-8/h4,6-7,10,14H,5H2,1-3H3. The van der Waals surface area contributed by atoms with E-state index in [0.717, 1.165) is 6.20 Å². The Morgan fingerprint density at radius 1 is 1.44 bits per heavy atom. The molecule has 0 spiro atoms. The van der Waals surface area contributed by atoms with Gasteiger partial charge in [-0.3, -0.25) is 4.98 Å². The number of halogens is 1. The third-order valence-electron chi connectivity index (χ3n) is 2.42. The SMILES string of the molecule is COC(CC(C)(O)c1cncc(F)c1)OC. The third-order valence-corrected chi connectivity index (χ3v) is 2.42. The Labute approximate surface area is 94.0 Å². The Balaban J connectivity index is 2.84. The highest BCUT2D eigenvalue weighted by atomic mass is 19.1. The van der Waals surface area contributed by atoms with Crippen LogP contribution >= 0.6 is 0 Å². The maximum Gasteiger partial charge on any atom is 0.159 e. The molecule has 4 nitrogen and oxygen atoms in total. The van der Waals surface area contributed by atoms with Crippen LogP contribution in [0.25, 0.3) is 0 Å². The molecule has 0 aliphatic carbocycles. The first kappa shape index (κ1) is 13.0. The van der Waals surface area contributed by atoms with Crippen LogP contribution in [0.1, 0.15) is 18.9 Å². The maximum atomic E-state index is 13.0. The molecule has 0 fully saturated rings. The zero-order valence-corrected chi connectivity index (χ0v) is 9.61. The molecule has 0 saturated carbocycles. The predicted molar refractivity (Wildman–Crippen MR) is 56.2 cm³/mol. The van der Waals surface area contributed by atoms with E-state index >= 15 is 0 Å². The van der Waals surface area contributed by atoms with Crippen LogP contribution in [-0.2, 0) is 15.1 Å². The Morgan fingerprint density at radius 2 is 2.06 bits per heavy atom. The summed E-state index contributed by atoms with van der Waals surface area (Å²) in [4.78, 5) is 3.69. The normalized spacial score (nSPS) is 15.1. The number of pyridine rings is 1. The molecule has 90 valence electrons. The average Bonchev–Trinajstić information content (AvgIpc) is 2.26. The number of aromatic nitrogens is 1. The van der Waals surface area contributed by atoms with Crippen molar-refractivity contribution in [2.24, 2.45) is 0 Å². The number of nitrogens with zero attached hydrogens (tertiary/aromatic N) is 1. The summed E-state index contributed by atoms with van der Waals surface area (Å²) in [7, 11) is 2.96. The van der Waals surface area contributed by atoms with E-state index in [9.17, 15) is 9.50 Å². The van der Waals surface area contributed by atoms with Gasteiger partial charge in [0.1, 0.15) is 5.82 Å². The van der Waals surface area contributed by atoms with E-state index in [1.807, 2.05) is 0 Å². The van der Waals surface area contributed by atoms with Gasteiger partial charge in [0.2, 0.25) is 0 Å². The second kappa shape index (κ2) is 5.34. The van der Waals surface area contributed by atoms with Crippen molar-refractivity contribution in [1.82, 2.24) is 4.98 Å². The van der Waals surface area contributed by atoms with Crippen molar-refractivity contribution in [3.63, 3.8) is 0 Å². The summed E-state index contributed by atoms with van der Waals surface area (Å²) in [6.07, 6.45) is 2.17. The monoisotopic (exact) mass is 229 g/mol. The molecule has 0 aliphatic heterocycles. The van der Waals surface area contributed by atoms with Gasteiger partial charge in [0.25, 0.3) is 0 Å². The number of methoxy groups -OCH3 is 2. The van der Waals surface area contributed by atoms with Crippen molar-refractivity contribution in [1.29, 1.82) is 0 Å². The largest absolute Gasteiger partial charge is 0.385 e. The van der Waals surface area contributed by atoms with E-state index in [1.165, 1.54) is 26.5 Å². The first-order chi connectivity index (χ1) is 7.49. The molecular formula is C11H16FNO3. The Bertz CT molecular complexity index is 340. The summed E-state index contributed by atoms with van der Waals surface area (Å²) < 4.78 is 22.9. The summed E-state index contributed by atoms with van der Waals surface area (Å²) in [6, 6.07) is 1.25. The van der Waals surface area contributed by atoms with Crippen LogP contribution in [0.2, 0.25) is 0 Å². The fraction of sp³-hybridized carbons (Fsp3) is 0.545. The Hall–Kier alpha value is -1.04. The molecule has 0 bridgehead atoms. The average molecular weight is 229 g/mol. The topological polar surface area (TPSA) is 51.6 Å². The molecule has 1 aromatic rings. The molecule has 0 amide bonds. The van der Waals surface area contributed by atoms with Crippen molar-refractivity contribution in [3.8, 4) is 0 Å². The molecule has 1 rings (SSSR count). The van der Waals surface area contributed by atoms with E-state index in [4.69, 9.17) is 9.47 Å². The van der Waals surface area contributed by atoms with E-state index < -0.39 is 17.7 Å². The highest BCUT2D eigenvalue weighted by Crippen LogP contribution is 2.26. The van der Waals surface area contributed by atoms with Crippen molar-refractivity contribution in [2.75, 3.05) is 14.2 Å². The lowest BCUT2D eigenvalue weighted by Gasteiger charge is -2.27. The van der Waals surface area contributed by atoms with Crippen LogP contribution in [0.5, 0.6) is 0 Å². The summed E-state index contributed by atoms with van der Waals surface area (Å²) in [5.74, 6) is -0.482. The first-order valence-corrected chi connectivity index (χ1v) is 4.88. The van der Waals surface area contributed by atoms with Gasteiger partial charge in [-0.2, -0.15) is 0 Å². The molecular weight excluding hydrogens is 213 g/mol. The van der Waals surface area contributed by atoms with Gasteiger partial charge < -0.3 is 14.6 Å². The molecule has 1 heterocycles. The van der Waals surface area contributed by atoms with E-state index in [1.54, 1.807) is 6.92 Å². The summed E-state index contributed by atoms with van der Waals surface area (Å²) >= 11 is 0.